The normalized spacial score (nSPS) is 13.4. The Labute approximate surface area is 177 Å². The van der Waals surface area contributed by atoms with E-state index in [0.717, 1.165) is 33.2 Å². The van der Waals surface area contributed by atoms with Gasteiger partial charge in [0.05, 0.1) is 0 Å². The molecular formula is C22H21BrN2S2. The van der Waals surface area contributed by atoms with Gasteiger partial charge in [0.15, 0.2) is 5.16 Å². The highest BCUT2D eigenvalue weighted by atomic mass is 79.9. The van der Waals surface area contributed by atoms with Gasteiger partial charge >= 0.3 is 0 Å². The van der Waals surface area contributed by atoms with Crippen LogP contribution in [0.4, 0.5) is 0 Å². The van der Waals surface area contributed by atoms with Crippen molar-refractivity contribution >= 4 is 39.5 Å². The number of benzene rings is 2. The lowest BCUT2D eigenvalue weighted by Gasteiger charge is -2.18. The van der Waals surface area contributed by atoms with Crippen LogP contribution in [0.25, 0.3) is 0 Å². The number of aromatic nitrogens is 2. The Balaban J connectivity index is 1.58. The van der Waals surface area contributed by atoms with E-state index in [4.69, 9.17) is 9.97 Å². The van der Waals surface area contributed by atoms with Gasteiger partial charge in [-0.15, -0.1) is 0 Å². The Bertz CT molecular complexity index is 924. The lowest BCUT2D eigenvalue weighted by molar-refractivity contribution is 0.628. The second-order valence-corrected chi connectivity index (χ2v) is 9.69. The first kappa shape index (κ1) is 19.0. The topological polar surface area (TPSA) is 25.8 Å². The molecule has 138 valence electrons. The zero-order chi connectivity index (χ0) is 18.6. The van der Waals surface area contributed by atoms with Crippen molar-refractivity contribution in [3.8, 4) is 0 Å². The molecule has 0 amide bonds. The summed E-state index contributed by atoms with van der Waals surface area (Å²) in [5.41, 5.74) is 5.21. The van der Waals surface area contributed by atoms with Gasteiger partial charge in [0.2, 0.25) is 0 Å². The smallest absolute Gasteiger partial charge is 0.189 e. The van der Waals surface area contributed by atoms with Gasteiger partial charge in [-0.05, 0) is 62.4 Å². The van der Waals surface area contributed by atoms with Crippen LogP contribution in [0.5, 0.6) is 0 Å². The average Bonchev–Trinajstić information content (AvgIpc) is 2.69. The van der Waals surface area contributed by atoms with E-state index in [1.165, 1.54) is 40.1 Å². The van der Waals surface area contributed by atoms with Crippen molar-refractivity contribution in [1.29, 1.82) is 0 Å². The van der Waals surface area contributed by atoms with Crippen molar-refractivity contribution in [2.24, 2.45) is 0 Å². The molecule has 1 aliphatic rings. The summed E-state index contributed by atoms with van der Waals surface area (Å²) < 4.78 is 1.10. The van der Waals surface area contributed by atoms with Crippen LogP contribution in [-0.2, 0) is 18.6 Å². The van der Waals surface area contributed by atoms with E-state index in [1.807, 2.05) is 0 Å². The molecule has 0 N–H and O–H groups in total. The Morgan fingerprint density at radius 3 is 2.44 bits per heavy atom. The largest absolute Gasteiger partial charge is 0.227 e. The molecule has 27 heavy (non-hydrogen) atoms. The van der Waals surface area contributed by atoms with Crippen molar-refractivity contribution in [1.82, 2.24) is 9.97 Å². The Morgan fingerprint density at radius 1 is 0.926 bits per heavy atom. The van der Waals surface area contributed by atoms with Gasteiger partial charge < -0.3 is 0 Å². The van der Waals surface area contributed by atoms with Gasteiger partial charge in [-0.25, -0.2) is 9.97 Å². The number of aryl methyl sites for hydroxylation is 2. The average molecular weight is 457 g/mol. The van der Waals surface area contributed by atoms with Crippen LogP contribution >= 0.6 is 39.5 Å². The standard InChI is InChI=1S/C22H21BrN2S2/c1-15-6-8-16(9-7-15)14-26-22-24-20-5-3-2-4-19(20)21(25-22)27-18-12-10-17(23)11-13-18/h6-13H,2-5,14H2,1H3. The number of fused-ring (bicyclic) bond motifs is 1. The summed E-state index contributed by atoms with van der Waals surface area (Å²) >= 11 is 7.01. The van der Waals surface area contributed by atoms with Crippen LogP contribution in [0.1, 0.15) is 35.2 Å². The van der Waals surface area contributed by atoms with Crippen LogP contribution in [0.2, 0.25) is 0 Å². The molecule has 5 heteroatoms. The van der Waals surface area contributed by atoms with Gasteiger partial charge in [-0.1, -0.05) is 69.3 Å². The molecule has 0 unspecified atom stereocenters. The minimum atomic E-state index is 0.899. The maximum atomic E-state index is 4.94. The summed E-state index contributed by atoms with van der Waals surface area (Å²) in [5, 5.41) is 2.03. The van der Waals surface area contributed by atoms with Crippen molar-refractivity contribution < 1.29 is 0 Å². The molecule has 0 saturated heterocycles. The van der Waals surface area contributed by atoms with E-state index in [1.54, 1.807) is 23.5 Å². The van der Waals surface area contributed by atoms with Gasteiger partial charge in [-0.3, -0.25) is 0 Å². The van der Waals surface area contributed by atoms with Crippen LogP contribution < -0.4 is 0 Å². The molecule has 1 aromatic heterocycles. The highest BCUT2D eigenvalue weighted by molar-refractivity contribution is 9.10. The number of halogens is 1. The summed E-state index contributed by atoms with van der Waals surface area (Å²) in [7, 11) is 0. The van der Waals surface area contributed by atoms with Crippen molar-refractivity contribution in [2.75, 3.05) is 0 Å². The third kappa shape index (κ3) is 4.95. The van der Waals surface area contributed by atoms with E-state index in [2.05, 4.69) is 71.4 Å². The van der Waals surface area contributed by atoms with Crippen LogP contribution in [-0.4, -0.2) is 9.97 Å². The van der Waals surface area contributed by atoms with E-state index < -0.39 is 0 Å². The molecule has 0 saturated carbocycles. The molecule has 2 nitrogen and oxygen atoms in total. The Hall–Kier alpha value is -1.30. The van der Waals surface area contributed by atoms with E-state index >= 15 is 0 Å². The zero-order valence-corrected chi connectivity index (χ0v) is 18.5. The van der Waals surface area contributed by atoms with Crippen LogP contribution in [0.15, 0.2) is 68.1 Å². The SMILES string of the molecule is Cc1ccc(CSc2nc3c(c(Sc4ccc(Br)cc4)n2)CCCC3)cc1. The molecule has 0 aliphatic heterocycles. The molecule has 3 aromatic rings. The molecule has 1 heterocycles. The highest BCUT2D eigenvalue weighted by Crippen LogP contribution is 2.35. The van der Waals surface area contributed by atoms with E-state index in [9.17, 15) is 0 Å². The maximum Gasteiger partial charge on any atom is 0.189 e. The number of nitrogens with zero attached hydrogens (tertiary/aromatic N) is 2. The fourth-order valence-corrected chi connectivity index (χ4v) is 5.24. The molecule has 0 atom stereocenters. The molecule has 2 aromatic carbocycles. The predicted molar refractivity (Wildman–Crippen MR) is 118 cm³/mol. The van der Waals surface area contributed by atoms with Gasteiger partial charge in [-0.2, -0.15) is 0 Å². The van der Waals surface area contributed by atoms with Gasteiger partial charge in [0.25, 0.3) is 0 Å². The second kappa shape index (κ2) is 8.80. The fourth-order valence-electron chi connectivity index (χ4n) is 3.13. The first-order valence-corrected chi connectivity index (χ1v) is 11.8. The Morgan fingerprint density at radius 2 is 1.67 bits per heavy atom. The fraction of sp³-hybridized carbons (Fsp3) is 0.273. The highest BCUT2D eigenvalue weighted by Gasteiger charge is 2.19. The number of hydrogen-bond acceptors (Lipinski definition) is 4. The minimum Gasteiger partial charge on any atom is -0.227 e. The second-order valence-electron chi connectivity index (χ2n) is 6.77. The molecule has 0 bridgehead atoms. The summed E-state index contributed by atoms with van der Waals surface area (Å²) in [6.45, 7) is 2.12. The monoisotopic (exact) mass is 456 g/mol. The van der Waals surface area contributed by atoms with E-state index in [0.29, 0.717) is 0 Å². The summed E-state index contributed by atoms with van der Waals surface area (Å²) in [6, 6.07) is 17.2. The number of rotatable bonds is 5. The maximum absolute atomic E-state index is 4.94. The van der Waals surface area contributed by atoms with Crippen molar-refractivity contribution in [2.45, 2.75) is 53.4 Å². The van der Waals surface area contributed by atoms with E-state index in [-0.39, 0.29) is 0 Å². The quantitative estimate of drug-likeness (QED) is 0.237. The molecule has 4 rings (SSSR count). The van der Waals surface area contributed by atoms with Crippen molar-refractivity contribution in [3.05, 3.63) is 75.4 Å². The first-order chi connectivity index (χ1) is 13.2. The first-order valence-electron chi connectivity index (χ1n) is 9.19. The number of hydrogen-bond donors (Lipinski definition) is 0. The zero-order valence-electron chi connectivity index (χ0n) is 15.2. The molecule has 0 fully saturated rings. The summed E-state index contributed by atoms with van der Waals surface area (Å²) in [5.74, 6) is 0.904. The summed E-state index contributed by atoms with van der Waals surface area (Å²) in [6.07, 6.45) is 4.63. The lowest BCUT2D eigenvalue weighted by atomic mass is 9.98. The minimum absolute atomic E-state index is 0.899. The van der Waals surface area contributed by atoms with Crippen LogP contribution in [0.3, 0.4) is 0 Å². The number of thioether (sulfide) groups is 1. The summed E-state index contributed by atoms with van der Waals surface area (Å²) in [4.78, 5) is 11.1. The Kier molecular flexibility index (Phi) is 6.21. The lowest BCUT2D eigenvalue weighted by Crippen LogP contribution is -2.09. The van der Waals surface area contributed by atoms with Crippen molar-refractivity contribution in [3.63, 3.8) is 0 Å². The van der Waals surface area contributed by atoms with Crippen LogP contribution in [0, 0.1) is 6.92 Å². The predicted octanol–water partition coefficient (Wildman–Crippen LogP) is 6.87. The third-order valence-electron chi connectivity index (χ3n) is 4.64. The molecule has 0 spiro atoms. The molecular weight excluding hydrogens is 436 g/mol. The molecule has 0 radical (unpaired) electrons. The third-order valence-corrected chi connectivity index (χ3v) is 7.13. The van der Waals surface area contributed by atoms with Gasteiger partial charge in [0.1, 0.15) is 5.03 Å². The molecule has 1 aliphatic carbocycles. The van der Waals surface area contributed by atoms with Gasteiger partial charge in [0, 0.05) is 26.4 Å².